The van der Waals surface area contributed by atoms with Crippen molar-refractivity contribution in [2.45, 2.75) is 6.92 Å². The van der Waals surface area contributed by atoms with Crippen LogP contribution in [-0.4, -0.2) is 19.9 Å². The van der Waals surface area contributed by atoms with Gasteiger partial charge in [-0.25, -0.2) is 19.9 Å². The first kappa shape index (κ1) is 10.3. The molecule has 6 heteroatoms. The van der Waals surface area contributed by atoms with Gasteiger partial charge in [0.25, 0.3) is 0 Å². The van der Waals surface area contributed by atoms with Gasteiger partial charge in [-0.3, -0.25) is 0 Å². The van der Waals surface area contributed by atoms with Crippen molar-refractivity contribution in [3.05, 3.63) is 34.5 Å². The Morgan fingerprint density at radius 3 is 2.33 bits per heavy atom. The molecule has 0 bridgehead atoms. The van der Waals surface area contributed by atoms with Gasteiger partial charge in [-0.1, -0.05) is 23.2 Å². The molecule has 0 fully saturated rings. The zero-order valence-electron chi connectivity index (χ0n) is 7.78. The molecule has 2 rings (SSSR count). The van der Waals surface area contributed by atoms with Crippen molar-refractivity contribution >= 4 is 23.2 Å². The van der Waals surface area contributed by atoms with E-state index < -0.39 is 0 Å². The maximum absolute atomic E-state index is 5.76. The highest BCUT2D eigenvalue weighted by atomic mass is 35.5. The molecule has 0 spiro atoms. The van der Waals surface area contributed by atoms with Crippen LogP contribution >= 0.6 is 23.2 Å². The Labute approximate surface area is 96.3 Å². The third-order valence-corrected chi connectivity index (χ3v) is 2.06. The molecule has 0 atom stereocenters. The Morgan fingerprint density at radius 2 is 1.73 bits per heavy atom. The number of nitrogens with zero attached hydrogens (tertiary/aromatic N) is 4. The lowest BCUT2D eigenvalue weighted by Crippen LogP contribution is -1.95. The minimum atomic E-state index is 0.293. The van der Waals surface area contributed by atoms with Gasteiger partial charge < -0.3 is 0 Å². The van der Waals surface area contributed by atoms with E-state index in [1.807, 2.05) is 0 Å². The van der Waals surface area contributed by atoms with E-state index in [9.17, 15) is 0 Å². The summed E-state index contributed by atoms with van der Waals surface area (Å²) in [6.07, 6.45) is 1.63. The zero-order valence-corrected chi connectivity index (χ0v) is 9.29. The number of rotatable bonds is 1. The first-order chi connectivity index (χ1) is 7.15. The average molecular weight is 241 g/mol. The second-order valence-corrected chi connectivity index (χ2v) is 3.60. The van der Waals surface area contributed by atoms with Crippen LogP contribution in [0.2, 0.25) is 10.3 Å². The van der Waals surface area contributed by atoms with Gasteiger partial charge >= 0.3 is 0 Å². The number of aryl methyl sites for hydroxylation is 1. The van der Waals surface area contributed by atoms with Crippen LogP contribution in [0.15, 0.2) is 18.3 Å². The van der Waals surface area contributed by atoms with Crippen molar-refractivity contribution in [1.29, 1.82) is 0 Å². The van der Waals surface area contributed by atoms with Gasteiger partial charge in [-0.2, -0.15) is 0 Å². The summed E-state index contributed by atoms with van der Waals surface area (Å²) in [6, 6.07) is 3.18. The Hall–Kier alpha value is -1.26. The van der Waals surface area contributed by atoms with Gasteiger partial charge in [-0.15, -0.1) is 0 Å². The lowest BCUT2D eigenvalue weighted by Gasteiger charge is -2.00. The lowest BCUT2D eigenvalue weighted by molar-refractivity contribution is 1.03. The van der Waals surface area contributed by atoms with Crippen LogP contribution in [0.1, 0.15) is 5.82 Å². The van der Waals surface area contributed by atoms with Gasteiger partial charge in [0, 0.05) is 12.3 Å². The molecule has 0 amide bonds. The van der Waals surface area contributed by atoms with Gasteiger partial charge in [-0.05, 0) is 13.0 Å². The Balaban J connectivity index is 2.54. The maximum Gasteiger partial charge on any atom is 0.181 e. The summed E-state index contributed by atoms with van der Waals surface area (Å²) < 4.78 is 0. The second kappa shape index (κ2) is 4.08. The smallest absolute Gasteiger partial charge is 0.181 e. The van der Waals surface area contributed by atoms with Crippen LogP contribution in [0.3, 0.4) is 0 Å². The van der Waals surface area contributed by atoms with Gasteiger partial charge in [0.15, 0.2) is 5.82 Å². The summed E-state index contributed by atoms with van der Waals surface area (Å²) >= 11 is 11.5. The Kier molecular flexibility index (Phi) is 2.79. The molecular formula is C9H6Cl2N4. The largest absolute Gasteiger partial charge is 0.242 e. The van der Waals surface area contributed by atoms with Gasteiger partial charge in [0.05, 0.1) is 0 Å². The first-order valence-corrected chi connectivity index (χ1v) is 4.91. The molecule has 0 saturated carbocycles. The van der Waals surface area contributed by atoms with Crippen molar-refractivity contribution in [2.75, 3.05) is 0 Å². The SMILES string of the molecule is Cc1nccc(-c2nc(Cl)cc(Cl)n2)n1. The highest BCUT2D eigenvalue weighted by molar-refractivity contribution is 6.33. The number of aromatic nitrogens is 4. The van der Waals surface area contributed by atoms with E-state index in [4.69, 9.17) is 23.2 Å². The predicted molar refractivity (Wildman–Crippen MR) is 57.8 cm³/mol. The Morgan fingerprint density at radius 1 is 1.07 bits per heavy atom. The fourth-order valence-electron chi connectivity index (χ4n) is 1.09. The maximum atomic E-state index is 5.76. The molecule has 0 radical (unpaired) electrons. The molecule has 0 aliphatic carbocycles. The average Bonchev–Trinajstić information content (AvgIpc) is 2.16. The molecule has 0 aliphatic heterocycles. The molecule has 2 aromatic rings. The van der Waals surface area contributed by atoms with Crippen LogP contribution in [0.4, 0.5) is 0 Å². The molecule has 2 heterocycles. The first-order valence-electron chi connectivity index (χ1n) is 4.15. The van der Waals surface area contributed by atoms with Crippen LogP contribution in [-0.2, 0) is 0 Å². The quantitative estimate of drug-likeness (QED) is 0.720. The summed E-state index contributed by atoms with van der Waals surface area (Å²) in [5, 5.41) is 0.586. The number of hydrogen-bond donors (Lipinski definition) is 0. The summed E-state index contributed by atoms with van der Waals surface area (Å²) in [7, 11) is 0. The molecule has 2 aromatic heterocycles. The van der Waals surface area contributed by atoms with Gasteiger partial charge in [0.2, 0.25) is 0 Å². The standard InChI is InChI=1S/C9H6Cl2N4/c1-5-12-3-2-6(13-5)9-14-7(10)4-8(11)15-9/h2-4H,1H3. The summed E-state index contributed by atoms with van der Waals surface area (Å²) in [6.45, 7) is 1.79. The summed E-state index contributed by atoms with van der Waals surface area (Å²) in [5.41, 5.74) is 0.604. The molecular weight excluding hydrogens is 235 g/mol. The third-order valence-electron chi connectivity index (χ3n) is 1.67. The van der Waals surface area contributed by atoms with Crippen molar-refractivity contribution < 1.29 is 0 Å². The van der Waals surface area contributed by atoms with Crippen LogP contribution in [0.5, 0.6) is 0 Å². The highest BCUT2D eigenvalue weighted by Crippen LogP contribution is 2.18. The summed E-state index contributed by atoms with van der Waals surface area (Å²) in [4.78, 5) is 16.2. The highest BCUT2D eigenvalue weighted by Gasteiger charge is 2.06. The number of hydrogen-bond acceptors (Lipinski definition) is 4. The van der Waals surface area contributed by atoms with E-state index >= 15 is 0 Å². The second-order valence-electron chi connectivity index (χ2n) is 2.83. The minimum absolute atomic E-state index is 0.293. The van der Waals surface area contributed by atoms with Crippen molar-refractivity contribution in [3.63, 3.8) is 0 Å². The van der Waals surface area contributed by atoms with Gasteiger partial charge in [0.1, 0.15) is 21.8 Å². The van der Waals surface area contributed by atoms with Crippen molar-refractivity contribution in [3.8, 4) is 11.5 Å². The molecule has 0 saturated heterocycles. The molecule has 4 nitrogen and oxygen atoms in total. The normalized spacial score (nSPS) is 10.3. The molecule has 0 unspecified atom stereocenters. The fraction of sp³-hybridized carbons (Fsp3) is 0.111. The van der Waals surface area contributed by atoms with E-state index in [1.54, 1.807) is 19.2 Å². The molecule has 15 heavy (non-hydrogen) atoms. The number of halogens is 2. The molecule has 76 valence electrons. The van der Waals surface area contributed by atoms with E-state index in [0.29, 0.717) is 27.6 Å². The topological polar surface area (TPSA) is 51.6 Å². The zero-order chi connectivity index (χ0) is 10.8. The molecule has 0 aromatic carbocycles. The summed E-state index contributed by atoms with van der Waals surface area (Å²) in [5.74, 6) is 1.05. The van der Waals surface area contributed by atoms with E-state index in [-0.39, 0.29) is 0 Å². The van der Waals surface area contributed by atoms with Crippen LogP contribution in [0.25, 0.3) is 11.5 Å². The van der Waals surface area contributed by atoms with E-state index in [2.05, 4.69) is 19.9 Å². The van der Waals surface area contributed by atoms with E-state index in [0.717, 1.165) is 0 Å². The predicted octanol–water partition coefficient (Wildman–Crippen LogP) is 2.55. The third kappa shape index (κ3) is 2.40. The Bertz CT molecular complexity index is 481. The molecule has 0 N–H and O–H groups in total. The molecule has 0 aliphatic rings. The monoisotopic (exact) mass is 240 g/mol. The lowest BCUT2D eigenvalue weighted by atomic mass is 10.3. The van der Waals surface area contributed by atoms with E-state index in [1.165, 1.54) is 6.07 Å². The fourth-order valence-corrected chi connectivity index (χ4v) is 1.51. The van der Waals surface area contributed by atoms with Crippen LogP contribution < -0.4 is 0 Å². The van der Waals surface area contributed by atoms with Crippen LogP contribution in [0, 0.1) is 6.92 Å². The minimum Gasteiger partial charge on any atom is -0.242 e. The van der Waals surface area contributed by atoms with Crippen molar-refractivity contribution in [2.24, 2.45) is 0 Å². The van der Waals surface area contributed by atoms with Crippen molar-refractivity contribution in [1.82, 2.24) is 19.9 Å².